The van der Waals surface area contributed by atoms with Gasteiger partial charge in [-0.25, -0.2) is 4.39 Å². The molecule has 0 spiro atoms. The molecule has 1 aliphatic rings. The average molecular weight is 244 g/mol. The van der Waals surface area contributed by atoms with Gasteiger partial charge in [-0.15, -0.1) is 0 Å². The van der Waals surface area contributed by atoms with Crippen LogP contribution >= 0.6 is 11.6 Å². The van der Waals surface area contributed by atoms with Gasteiger partial charge in [-0.1, -0.05) is 11.6 Å². The maximum atomic E-state index is 13.0. The highest BCUT2D eigenvalue weighted by Gasteiger charge is 2.13. The molecule has 1 fully saturated rings. The Morgan fingerprint density at radius 3 is 3.12 bits per heavy atom. The molecular formula is C12H15ClFNO. The molecule has 1 heterocycles. The Balaban J connectivity index is 1.90. The minimum Gasteiger partial charge on any atom is -0.372 e. The van der Waals surface area contributed by atoms with Crippen molar-refractivity contribution in [1.29, 1.82) is 0 Å². The van der Waals surface area contributed by atoms with Crippen molar-refractivity contribution in [1.82, 2.24) is 5.32 Å². The molecular weight excluding hydrogens is 229 g/mol. The van der Waals surface area contributed by atoms with E-state index in [1.165, 1.54) is 12.1 Å². The summed E-state index contributed by atoms with van der Waals surface area (Å²) in [5, 5.41) is 3.83. The maximum Gasteiger partial charge on any atom is 0.123 e. The fourth-order valence-corrected chi connectivity index (χ4v) is 2.00. The fraction of sp³-hybridized carbons (Fsp3) is 0.500. The predicted molar refractivity (Wildman–Crippen MR) is 62.1 cm³/mol. The average Bonchev–Trinajstić information content (AvgIpc) is 2.32. The van der Waals surface area contributed by atoms with Crippen molar-refractivity contribution in [2.45, 2.75) is 25.6 Å². The molecule has 1 N–H and O–H groups in total. The summed E-state index contributed by atoms with van der Waals surface area (Å²) in [6.45, 7) is 2.30. The highest BCUT2D eigenvalue weighted by atomic mass is 35.5. The molecule has 1 unspecified atom stereocenters. The van der Waals surface area contributed by atoms with Crippen LogP contribution in [0.4, 0.5) is 4.39 Å². The Hall–Kier alpha value is -0.640. The molecule has 2 nitrogen and oxygen atoms in total. The number of rotatable bonds is 3. The molecule has 0 radical (unpaired) electrons. The van der Waals surface area contributed by atoms with E-state index >= 15 is 0 Å². The predicted octanol–water partition coefficient (Wildman–Crippen LogP) is 2.75. The summed E-state index contributed by atoms with van der Waals surface area (Å²) < 4.78 is 18.7. The van der Waals surface area contributed by atoms with Gasteiger partial charge in [0.25, 0.3) is 0 Å². The zero-order valence-electron chi connectivity index (χ0n) is 9.01. The van der Waals surface area contributed by atoms with Crippen LogP contribution in [0.3, 0.4) is 0 Å². The molecule has 1 aromatic rings. The summed E-state index contributed by atoms with van der Waals surface area (Å²) in [4.78, 5) is 0. The number of ether oxygens (including phenoxy) is 1. The van der Waals surface area contributed by atoms with E-state index < -0.39 is 0 Å². The minimum absolute atomic E-state index is 0.216. The third kappa shape index (κ3) is 3.17. The Labute approximate surface area is 99.7 Å². The first-order chi connectivity index (χ1) is 7.75. The van der Waals surface area contributed by atoms with Crippen molar-refractivity contribution >= 4 is 11.6 Å². The van der Waals surface area contributed by atoms with Crippen LogP contribution in [0.15, 0.2) is 18.2 Å². The van der Waals surface area contributed by atoms with Crippen molar-refractivity contribution in [2.24, 2.45) is 0 Å². The molecule has 1 saturated heterocycles. The molecule has 1 aromatic carbocycles. The lowest BCUT2D eigenvalue weighted by Crippen LogP contribution is -2.35. The van der Waals surface area contributed by atoms with Crippen LogP contribution in [0.1, 0.15) is 18.4 Å². The molecule has 0 amide bonds. The van der Waals surface area contributed by atoms with Gasteiger partial charge in [-0.2, -0.15) is 0 Å². The number of nitrogens with one attached hydrogen (secondary N) is 1. The second-order valence-electron chi connectivity index (χ2n) is 4.02. The Morgan fingerprint density at radius 1 is 1.50 bits per heavy atom. The number of hydrogen-bond acceptors (Lipinski definition) is 2. The molecule has 4 heteroatoms. The number of halogens is 2. The van der Waals surface area contributed by atoms with Gasteiger partial charge >= 0.3 is 0 Å². The van der Waals surface area contributed by atoms with Crippen molar-refractivity contribution in [3.05, 3.63) is 34.6 Å². The van der Waals surface area contributed by atoms with Gasteiger partial charge < -0.3 is 10.1 Å². The normalized spacial score (nSPS) is 21.0. The molecule has 0 aliphatic carbocycles. The van der Waals surface area contributed by atoms with Gasteiger partial charge in [0.1, 0.15) is 5.82 Å². The molecule has 0 bridgehead atoms. The molecule has 1 atom stereocenters. The summed E-state index contributed by atoms with van der Waals surface area (Å²) in [5.74, 6) is -0.273. The fourth-order valence-electron chi connectivity index (χ4n) is 1.82. The van der Waals surface area contributed by atoms with Crippen molar-refractivity contribution in [3.8, 4) is 0 Å². The zero-order valence-corrected chi connectivity index (χ0v) is 9.77. The highest BCUT2D eigenvalue weighted by molar-refractivity contribution is 6.31. The van der Waals surface area contributed by atoms with E-state index in [1.54, 1.807) is 6.07 Å². The smallest absolute Gasteiger partial charge is 0.123 e. The molecule has 2 rings (SSSR count). The van der Waals surface area contributed by atoms with Crippen LogP contribution in [-0.2, 0) is 11.3 Å². The second-order valence-corrected chi connectivity index (χ2v) is 4.42. The van der Waals surface area contributed by atoms with Crippen LogP contribution in [0.5, 0.6) is 0 Å². The monoisotopic (exact) mass is 243 g/mol. The van der Waals surface area contributed by atoms with Crippen molar-refractivity contribution in [3.63, 3.8) is 0 Å². The van der Waals surface area contributed by atoms with Gasteiger partial charge in [0.2, 0.25) is 0 Å². The van der Waals surface area contributed by atoms with E-state index in [4.69, 9.17) is 16.3 Å². The van der Waals surface area contributed by atoms with E-state index in [9.17, 15) is 4.39 Å². The molecule has 1 aliphatic heterocycles. The van der Waals surface area contributed by atoms with Crippen molar-refractivity contribution in [2.75, 3.05) is 13.1 Å². The minimum atomic E-state index is -0.273. The highest BCUT2D eigenvalue weighted by Crippen LogP contribution is 2.19. The van der Waals surface area contributed by atoms with Crippen molar-refractivity contribution < 1.29 is 9.13 Å². The van der Waals surface area contributed by atoms with Crippen LogP contribution in [0.2, 0.25) is 5.02 Å². The van der Waals surface area contributed by atoms with Crippen LogP contribution < -0.4 is 5.32 Å². The van der Waals surface area contributed by atoms with E-state index in [0.717, 1.165) is 25.9 Å². The van der Waals surface area contributed by atoms with Crippen LogP contribution in [0.25, 0.3) is 0 Å². The van der Waals surface area contributed by atoms with Gasteiger partial charge in [0.05, 0.1) is 12.7 Å². The van der Waals surface area contributed by atoms with Crippen LogP contribution in [-0.4, -0.2) is 19.2 Å². The first kappa shape index (κ1) is 11.8. The number of piperidine rings is 1. The Kier molecular flexibility index (Phi) is 4.16. The summed E-state index contributed by atoms with van der Waals surface area (Å²) in [7, 11) is 0. The summed E-state index contributed by atoms with van der Waals surface area (Å²) in [5.41, 5.74) is 0.715. The first-order valence-corrected chi connectivity index (χ1v) is 5.90. The first-order valence-electron chi connectivity index (χ1n) is 5.52. The lowest BCUT2D eigenvalue weighted by Gasteiger charge is -2.23. The van der Waals surface area contributed by atoms with Gasteiger partial charge in [0.15, 0.2) is 0 Å². The lowest BCUT2D eigenvalue weighted by atomic mass is 10.1. The Morgan fingerprint density at radius 2 is 2.38 bits per heavy atom. The summed E-state index contributed by atoms with van der Waals surface area (Å²) >= 11 is 5.95. The lowest BCUT2D eigenvalue weighted by molar-refractivity contribution is 0.0252. The van der Waals surface area contributed by atoms with E-state index in [0.29, 0.717) is 17.2 Å². The Bertz CT molecular complexity index is 353. The summed E-state index contributed by atoms with van der Waals surface area (Å²) in [6, 6.07) is 4.35. The second kappa shape index (κ2) is 5.62. The summed E-state index contributed by atoms with van der Waals surface area (Å²) in [6.07, 6.45) is 2.40. The number of hydrogen-bond donors (Lipinski definition) is 1. The third-order valence-corrected chi connectivity index (χ3v) is 3.10. The van der Waals surface area contributed by atoms with E-state index in [-0.39, 0.29) is 11.9 Å². The molecule has 0 saturated carbocycles. The molecule has 88 valence electrons. The van der Waals surface area contributed by atoms with E-state index in [2.05, 4.69) is 5.32 Å². The molecule has 0 aromatic heterocycles. The number of benzene rings is 1. The quantitative estimate of drug-likeness (QED) is 0.882. The van der Waals surface area contributed by atoms with Crippen LogP contribution in [0, 0.1) is 5.82 Å². The van der Waals surface area contributed by atoms with Gasteiger partial charge in [-0.3, -0.25) is 0 Å². The topological polar surface area (TPSA) is 21.3 Å². The maximum absolute atomic E-state index is 13.0. The third-order valence-electron chi connectivity index (χ3n) is 2.73. The molecule has 16 heavy (non-hydrogen) atoms. The zero-order chi connectivity index (χ0) is 11.4. The van der Waals surface area contributed by atoms with Gasteiger partial charge in [-0.05, 0) is 43.1 Å². The standard InChI is InChI=1S/C12H15ClFNO/c13-12-4-3-10(14)6-9(12)8-16-11-2-1-5-15-7-11/h3-4,6,11,15H,1-2,5,7-8H2. The van der Waals surface area contributed by atoms with E-state index in [1.807, 2.05) is 0 Å². The SMILES string of the molecule is Fc1ccc(Cl)c(COC2CCCNC2)c1. The van der Waals surface area contributed by atoms with Gasteiger partial charge in [0, 0.05) is 11.6 Å². The largest absolute Gasteiger partial charge is 0.372 e.